The van der Waals surface area contributed by atoms with Gasteiger partial charge in [0.25, 0.3) is 0 Å². The van der Waals surface area contributed by atoms with Crippen LogP contribution in [0.3, 0.4) is 0 Å². The first-order chi connectivity index (χ1) is 1.41. The van der Waals surface area contributed by atoms with Gasteiger partial charge in [0.2, 0.25) is 0 Å². The molecule has 0 fully saturated rings. The minimum atomic E-state index is 0. The average Bonchev–Trinajstić information content (AvgIpc) is 0.918. The van der Waals surface area contributed by atoms with Gasteiger partial charge in [-0.15, -0.1) is 0 Å². The summed E-state index contributed by atoms with van der Waals surface area (Å²) in [6, 6.07) is 0. The van der Waals surface area contributed by atoms with Crippen LogP contribution in [0.1, 0.15) is 14.9 Å². The van der Waals surface area contributed by atoms with Gasteiger partial charge in [0.15, 0.2) is 0 Å². The molecule has 0 aliphatic heterocycles. The van der Waals surface area contributed by atoms with Crippen molar-refractivity contribution in [2.24, 2.45) is 0 Å². The fourth-order valence-electron chi connectivity index (χ4n) is 0. The smallest absolute Gasteiger partial charge is 0 e. The fraction of sp³-hybridized carbons (Fsp3) is 0.667. The molecule has 2 heteroatoms. The van der Waals surface area contributed by atoms with Crippen LogP contribution in [0.2, 0.25) is 0 Å². The van der Waals surface area contributed by atoms with E-state index in [0.29, 0.717) is 0 Å². The van der Waals surface area contributed by atoms with Crippen molar-refractivity contribution in [3.63, 3.8) is 0 Å². The largest absolute Gasteiger partial charge is 0.358 e. The predicted molar refractivity (Wildman–Crippen MR) is 45.7 cm³/mol. The normalized spacial score (nSPS) is 2.25. The van der Waals surface area contributed by atoms with Gasteiger partial charge in [0, 0.05) is 32.7 Å². The summed E-state index contributed by atoms with van der Waals surface area (Å²) in [5, 5.41) is 0. The SMILES string of the molecule is C.C.CSC.[CH3-].[CH3-].[Y]. The number of hydrogen-bond donors (Lipinski definition) is 0. The van der Waals surface area contributed by atoms with Crippen LogP contribution < -0.4 is 0 Å². The predicted octanol–water partition coefficient (Wildman–Crippen LogP) is 3.15. The molecule has 0 amide bonds. The van der Waals surface area contributed by atoms with Crippen LogP contribution in [0, 0.1) is 14.9 Å². The maximum Gasteiger partial charge on any atom is 0 e. The summed E-state index contributed by atoms with van der Waals surface area (Å²) >= 11 is 1.75. The van der Waals surface area contributed by atoms with Crippen LogP contribution >= 0.6 is 11.8 Å². The first-order valence-corrected chi connectivity index (χ1v) is 2.45. The molecule has 0 saturated heterocycles. The molecule has 0 N–H and O–H groups in total. The van der Waals surface area contributed by atoms with Gasteiger partial charge in [0.1, 0.15) is 0 Å². The van der Waals surface area contributed by atoms with Crippen LogP contribution in [0.4, 0.5) is 0 Å². The minimum Gasteiger partial charge on any atom is -0.358 e. The monoisotopic (exact) mass is 213 g/mol. The van der Waals surface area contributed by atoms with Crippen LogP contribution in [-0.2, 0) is 32.7 Å². The molecule has 0 aliphatic rings. The summed E-state index contributed by atoms with van der Waals surface area (Å²) in [4.78, 5) is 0. The summed E-state index contributed by atoms with van der Waals surface area (Å²) in [7, 11) is 0. The van der Waals surface area contributed by atoms with Crippen molar-refractivity contribution in [1.82, 2.24) is 0 Å². The van der Waals surface area contributed by atoms with E-state index in [9.17, 15) is 0 Å². The zero-order valence-corrected chi connectivity index (χ0v) is 8.64. The molecule has 0 rings (SSSR count). The summed E-state index contributed by atoms with van der Waals surface area (Å²) in [6.45, 7) is 0. The van der Waals surface area contributed by atoms with E-state index in [1.165, 1.54) is 0 Å². The molecule has 8 heavy (non-hydrogen) atoms. The van der Waals surface area contributed by atoms with Crippen molar-refractivity contribution < 1.29 is 32.7 Å². The second-order valence-corrected chi connectivity index (χ2v) is 1.22. The Hall–Kier alpha value is 1.45. The first-order valence-electron chi connectivity index (χ1n) is 0.816. The Kier molecular flexibility index (Phi) is 552. The van der Waals surface area contributed by atoms with Crippen molar-refractivity contribution in [2.45, 2.75) is 14.9 Å². The molecule has 0 aromatic rings. The van der Waals surface area contributed by atoms with Crippen LogP contribution in [0.5, 0.6) is 0 Å². The van der Waals surface area contributed by atoms with Gasteiger partial charge in [-0.2, -0.15) is 11.8 Å². The van der Waals surface area contributed by atoms with Crippen molar-refractivity contribution in [3.8, 4) is 0 Å². The van der Waals surface area contributed by atoms with E-state index >= 15 is 0 Å². The third-order valence-electron chi connectivity index (χ3n) is 0. The molecule has 0 aromatic heterocycles. The van der Waals surface area contributed by atoms with Crippen LogP contribution in [-0.4, -0.2) is 12.5 Å². The van der Waals surface area contributed by atoms with Crippen molar-refractivity contribution >= 4 is 11.8 Å². The Bertz CT molecular complexity index is 8.49. The molecule has 0 atom stereocenters. The van der Waals surface area contributed by atoms with Gasteiger partial charge in [0.05, 0.1) is 0 Å². The topological polar surface area (TPSA) is 0 Å². The van der Waals surface area contributed by atoms with Gasteiger partial charge < -0.3 is 14.9 Å². The second-order valence-electron chi connectivity index (χ2n) is 0.408. The van der Waals surface area contributed by atoms with E-state index in [1.54, 1.807) is 11.8 Å². The summed E-state index contributed by atoms with van der Waals surface area (Å²) in [5.41, 5.74) is 0. The zero-order valence-electron chi connectivity index (χ0n) is 4.99. The number of thioether (sulfide) groups is 1. The average molecular weight is 213 g/mol. The van der Waals surface area contributed by atoms with E-state index in [1.807, 2.05) is 12.5 Å². The molecule has 1 radical (unpaired) electrons. The van der Waals surface area contributed by atoms with Crippen molar-refractivity contribution in [1.29, 1.82) is 0 Å². The van der Waals surface area contributed by atoms with Crippen molar-refractivity contribution in [2.75, 3.05) is 12.5 Å². The standard InChI is InChI=1S/C2H6S.2CH4.2CH3.Y/c1-3-2;;;;;/h1-2H3;2*1H4;2*1H3;/q;;;2*-1;. The zero-order chi connectivity index (χ0) is 2.71. The van der Waals surface area contributed by atoms with Crippen LogP contribution in [0.15, 0.2) is 0 Å². The van der Waals surface area contributed by atoms with E-state index in [-0.39, 0.29) is 62.4 Å². The molecular formula is C6H20SY-2. The molecular weight excluding hydrogens is 193 g/mol. The summed E-state index contributed by atoms with van der Waals surface area (Å²) < 4.78 is 0. The molecule has 0 bridgehead atoms. The number of rotatable bonds is 0. The van der Waals surface area contributed by atoms with Gasteiger partial charge in [-0.05, 0) is 12.5 Å². The summed E-state index contributed by atoms with van der Waals surface area (Å²) in [5.74, 6) is 0. The number of hydrogen-bond acceptors (Lipinski definition) is 1. The molecule has 55 valence electrons. The molecule has 0 aliphatic carbocycles. The van der Waals surface area contributed by atoms with E-state index in [4.69, 9.17) is 0 Å². The molecule has 0 unspecified atom stereocenters. The fourth-order valence-corrected chi connectivity index (χ4v) is 0. The Morgan fingerprint density at radius 2 is 0.875 bits per heavy atom. The maximum absolute atomic E-state index is 2.04. The second kappa shape index (κ2) is 78.0. The molecule has 0 nitrogen and oxygen atoms in total. The molecule has 0 spiro atoms. The van der Waals surface area contributed by atoms with Crippen molar-refractivity contribution in [3.05, 3.63) is 14.9 Å². The van der Waals surface area contributed by atoms with Crippen LogP contribution in [0.25, 0.3) is 0 Å². The van der Waals surface area contributed by atoms with E-state index in [2.05, 4.69) is 0 Å². The Labute approximate surface area is 86.1 Å². The van der Waals surface area contributed by atoms with E-state index in [0.717, 1.165) is 0 Å². The third-order valence-corrected chi connectivity index (χ3v) is 0. The Morgan fingerprint density at radius 1 is 0.875 bits per heavy atom. The quantitative estimate of drug-likeness (QED) is 0.557. The van der Waals surface area contributed by atoms with Gasteiger partial charge >= 0.3 is 0 Å². The van der Waals surface area contributed by atoms with Gasteiger partial charge in [-0.1, -0.05) is 14.9 Å². The van der Waals surface area contributed by atoms with Gasteiger partial charge in [-0.25, -0.2) is 0 Å². The Morgan fingerprint density at radius 3 is 0.875 bits per heavy atom. The Balaban J connectivity index is -0.00000000200. The minimum absolute atomic E-state index is 0. The van der Waals surface area contributed by atoms with E-state index < -0.39 is 0 Å². The van der Waals surface area contributed by atoms with Gasteiger partial charge in [-0.3, -0.25) is 0 Å². The molecule has 0 heterocycles. The maximum atomic E-state index is 2.04. The summed E-state index contributed by atoms with van der Waals surface area (Å²) in [6.07, 6.45) is 4.08. The molecule has 0 saturated carbocycles. The molecule has 0 aromatic carbocycles. The third kappa shape index (κ3) is 147. The first kappa shape index (κ1) is 56.6.